The van der Waals surface area contributed by atoms with Gasteiger partial charge in [0.25, 0.3) is 0 Å². The fourth-order valence-electron chi connectivity index (χ4n) is 6.80. The second kappa shape index (κ2) is 18.4. The molecule has 268 valence electrons. The van der Waals surface area contributed by atoms with Gasteiger partial charge in [0, 0.05) is 12.8 Å². The van der Waals surface area contributed by atoms with Gasteiger partial charge in [-0.05, 0) is 58.4 Å². The predicted octanol–water partition coefficient (Wildman–Crippen LogP) is 8.35. The summed E-state index contributed by atoms with van der Waals surface area (Å²) in [5, 5.41) is 5.08. The quantitative estimate of drug-likeness (QED) is 0.144. The average Bonchev–Trinajstić information content (AvgIpc) is 3.97. The Bertz CT molecular complexity index is 2180. The van der Waals surface area contributed by atoms with Crippen LogP contribution in [0.5, 0.6) is 0 Å². The maximum Gasteiger partial charge on any atom is 4.00 e. The van der Waals surface area contributed by atoms with Gasteiger partial charge in [-0.2, -0.15) is 0 Å². The first-order chi connectivity index (χ1) is 24.3. The summed E-state index contributed by atoms with van der Waals surface area (Å²) in [6.45, 7) is 13.1. The third-order valence-electron chi connectivity index (χ3n) is 9.87. The monoisotopic (exact) mass is 814 g/mol. The zero-order valence-corrected chi connectivity index (χ0v) is 35.3. The molecule has 0 aliphatic carbocycles. The Balaban J connectivity index is 0.000000224. The van der Waals surface area contributed by atoms with Gasteiger partial charge >= 0.3 is 26.2 Å². The first-order valence-corrected chi connectivity index (χ1v) is 18.1. The number of furan rings is 2. The first-order valence-electron chi connectivity index (χ1n) is 18.1. The third kappa shape index (κ3) is 9.09. The molecule has 0 bridgehead atoms. The Labute approximate surface area is 346 Å². The van der Waals surface area contributed by atoms with E-state index in [4.69, 9.17) is 8.83 Å². The molecule has 2 nitrogen and oxygen atoms in total. The van der Waals surface area contributed by atoms with Crippen LogP contribution in [0.1, 0.15) is 76.0 Å². The van der Waals surface area contributed by atoms with Crippen LogP contribution < -0.4 is 24.8 Å². The number of aryl methyl sites for hydroxylation is 2. The molecule has 0 fully saturated rings. The minimum absolute atomic E-state index is 0. The largest absolute Gasteiger partial charge is 4.00 e. The summed E-state index contributed by atoms with van der Waals surface area (Å²) in [7, 11) is 0. The van der Waals surface area contributed by atoms with Gasteiger partial charge in [-0.25, -0.2) is 0 Å². The standard InChI is InChI=1S/2C24H23O.2ClH.Zr/c2*1-4-21-12-13-24(25-21)20-14-19-6-5-7-22(23(19)15-20)18-10-8-17(9-11-18)16(2)3;;;/h2*5-16H,4H2,1-3H3;2*1H;/q2*-1;;;+4/p-2. The number of halogens is 2. The molecule has 6 aromatic carbocycles. The van der Waals surface area contributed by atoms with E-state index >= 15 is 0 Å². The van der Waals surface area contributed by atoms with Crippen molar-refractivity contribution in [1.29, 1.82) is 0 Å². The van der Waals surface area contributed by atoms with Gasteiger partial charge in [0.2, 0.25) is 0 Å². The number of fused-ring (bicyclic) bond motifs is 2. The number of rotatable bonds is 8. The molecule has 8 rings (SSSR count). The van der Waals surface area contributed by atoms with Gasteiger partial charge in [-0.1, -0.05) is 137 Å². The Hall–Kier alpha value is -3.88. The van der Waals surface area contributed by atoms with Crippen LogP contribution in [0.4, 0.5) is 0 Å². The predicted molar refractivity (Wildman–Crippen MR) is 212 cm³/mol. The van der Waals surface area contributed by atoms with Gasteiger partial charge in [0.15, 0.2) is 0 Å². The van der Waals surface area contributed by atoms with E-state index in [1.807, 2.05) is 0 Å². The molecule has 8 aromatic rings. The Kier molecular flexibility index (Phi) is 14.6. The van der Waals surface area contributed by atoms with Crippen LogP contribution >= 0.6 is 0 Å². The van der Waals surface area contributed by atoms with Crippen molar-refractivity contribution in [3.63, 3.8) is 0 Å². The maximum atomic E-state index is 5.94. The zero-order valence-electron chi connectivity index (χ0n) is 31.3. The molecular formula is C48H46Cl2O2Zr. The van der Waals surface area contributed by atoms with Crippen molar-refractivity contribution in [2.45, 2.75) is 66.2 Å². The molecule has 0 spiro atoms. The fraction of sp³-hybridized carbons (Fsp3) is 0.208. The summed E-state index contributed by atoms with van der Waals surface area (Å²) in [5.74, 6) is 5.09. The Morgan fingerprint density at radius 2 is 0.868 bits per heavy atom. The maximum absolute atomic E-state index is 5.94. The summed E-state index contributed by atoms with van der Waals surface area (Å²) >= 11 is 0. The smallest absolute Gasteiger partial charge is 1.00 e. The fourth-order valence-corrected chi connectivity index (χ4v) is 6.80. The number of benzene rings is 4. The molecular weight excluding hydrogens is 771 g/mol. The summed E-state index contributed by atoms with van der Waals surface area (Å²) in [6, 6.07) is 48.2. The summed E-state index contributed by atoms with van der Waals surface area (Å²) < 4.78 is 11.9. The Morgan fingerprint density at radius 3 is 1.19 bits per heavy atom. The van der Waals surface area contributed by atoms with E-state index in [1.54, 1.807) is 0 Å². The van der Waals surface area contributed by atoms with Crippen LogP contribution in [-0.2, 0) is 39.0 Å². The van der Waals surface area contributed by atoms with Gasteiger partial charge < -0.3 is 33.6 Å². The van der Waals surface area contributed by atoms with E-state index in [0.717, 1.165) is 47.0 Å². The van der Waals surface area contributed by atoms with Crippen LogP contribution in [0.25, 0.3) is 66.4 Å². The van der Waals surface area contributed by atoms with E-state index in [2.05, 4.69) is 175 Å². The molecule has 2 heterocycles. The van der Waals surface area contributed by atoms with Crippen molar-refractivity contribution in [3.8, 4) is 44.9 Å². The second-order valence-corrected chi connectivity index (χ2v) is 13.9. The average molecular weight is 817 g/mol. The van der Waals surface area contributed by atoms with Crippen molar-refractivity contribution in [1.82, 2.24) is 0 Å². The molecule has 53 heavy (non-hydrogen) atoms. The van der Waals surface area contributed by atoms with Crippen molar-refractivity contribution in [2.75, 3.05) is 0 Å². The van der Waals surface area contributed by atoms with Crippen molar-refractivity contribution < 1.29 is 59.9 Å². The summed E-state index contributed by atoms with van der Waals surface area (Å²) in [5.41, 5.74) is 10.1. The molecule has 0 amide bonds. The van der Waals surface area contributed by atoms with Crippen molar-refractivity contribution >= 4 is 21.5 Å². The minimum atomic E-state index is 0. The van der Waals surface area contributed by atoms with Crippen molar-refractivity contribution in [2.24, 2.45) is 0 Å². The summed E-state index contributed by atoms with van der Waals surface area (Å²) in [6.07, 6.45) is 1.85. The molecule has 0 saturated carbocycles. The normalized spacial score (nSPS) is 10.9. The molecule has 0 N–H and O–H groups in total. The van der Waals surface area contributed by atoms with Crippen LogP contribution in [0, 0.1) is 0 Å². The molecule has 2 aromatic heterocycles. The SMILES string of the molecule is CCc1ccc(-c2cc3c(-c4ccc(C(C)C)cc4)cccc3[cH-]2)o1.CCc1ccc(-c2cc3c(-c4ccc(C(C)C)cc4)cccc3[cH-]2)o1.[Cl-].[Cl-].[Zr+4]. The van der Waals surface area contributed by atoms with Gasteiger partial charge in [-0.3, -0.25) is 0 Å². The Morgan fingerprint density at radius 1 is 0.491 bits per heavy atom. The van der Waals surface area contributed by atoms with E-state index < -0.39 is 0 Å². The van der Waals surface area contributed by atoms with E-state index in [1.165, 1.54) is 54.9 Å². The topological polar surface area (TPSA) is 26.3 Å². The molecule has 0 aliphatic heterocycles. The molecule has 0 aliphatic rings. The minimum Gasteiger partial charge on any atom is -1.00 e. The van der Waals surface area contributed by atoms with Crippen LogP contribution in [0.15, 0.2) is 142 Å². The summed E-state index contributed by atoms with van der Waals surface area (Å²) in [4.78, 5) is 0. The van der Waals surface area contributed by atoms with Gasteiger partial charge in [0.05, 0.1) is 23.0 Å². The van der Waals surface area contributed by atoms with Gasteiger partial charge in [-0.15, -0.1) is 57.9 Å². The molecule has 0 radical (unpaired) electrons. The van der Waals surface area contributed by atoms with Crippen LogP contribution in [0.2, 0.25) is 0 Å². The van der Waals surface area contributed by atoms with Crippen LogP contribution in [0.3, 0.4) is 0 Å². The van der Waals surface area contributed by atoms with Crippen molar-refractivity contribution in [3.05, 3.63) is 156 Å². The zero-order chi connectivity index (χ0) is 34.8. The van der Waals surface area contributed by atoms with E-state index in [-0.39, 0.29) is 51.0 Å². The number of hydrogen-bond donors (Lipinski definition) is 0. The second-order valence-electron chi connectivity index (χ2n) is 13.9. The number of hydrogen-bond acceptors (Lipinski definition) is 2. The van der Waals surface area contributed by atoms with E-state index in [9.17, 15) is 0 Å². The van der Waals surface area contributed by atoms with E-state index in [0.29, 0.717) is 11.8 Å². The van der Waals surface area contributed by atoms with Crippen LogP contribution in [-0.4, -0.2) is 0 Å². The third-order valence-corrected chi connectivity index (χ3v) is 9.87. The molecule has 0 unspecified atom stereocenters. The van der Waals surface area contributed by atoms with Gasteiger partial charge in [0.1, 0.15) is 0 Å². The molecule has 5 heteroatoms. The molecule has 0 atom stereocenters. The first kappa shape index (κ1) is 41.9. The molecule has 0 saturated heterocycles.